The second-order valence-electron chi connectivity index (χ2n) is 6.45. The number of morpholine rings is 1. The van der Waals surface area contributed by atoms with Gasteiger partial charge in [-0.3, -0.25) is 0 Å². The normalized spacial score (nSPS) is 18.2. The molecule has 1 aliphatic heterocycles. The number of ether oxygens (including phenoxy) is 1. The molecule has 0 unspecified atom stereocenters. The number of aromatic amines is 2. The minimum absolute atomic E-state index is 0.792. The molecule has 3 aromatic rings. The van der Waals surface area contributed by atoms with E-state index in [0.717, 1.165) is 58.8 Å². The second kappa shape index (κ2) is 5.75. The molecule has 7 heteroatoms. The average molecular weight is 360 g/mol. The van der Waals surface area contributed by atoms with Crippen molar-refractivity contribution in [1.29, 1.82) is 0 Å². The molecule has 4 heterocycles. The van der Waals surface area contributed by atoms with Gasteiger partial charge in [0, 0.05) is 13.1 Å². The Hall–Kier alpha value is -1.57. The van der Waals surface area contributed by atoms with Gasteiger partial charge in [-0.1, -0.05) is 0 Å². The lowest BCUT2D eigenvalue weighted by molar-refractivity contribution is -0.388. The van der Waals surface area contributed by atoms with Gasteiger partial charge in [0.15, 0.2) is 5.52 Å². The van der Waals surface area contributed by atoms with E-state index in [1.165, 1.54) is 35.2 Å². The van der Waals surface area contributed by atoms with Crippen molar-refractivity contribution in [3.8, 4) is 0 Å². The number of nitrogens with zero attached hydrogens (tertiary/aromatic N) is 2. The van der Waals surface area contributed by atoms with Crippen LogP contribution < -0.4 is 9.88 Å². The maximum Gasteiger partial charge on any atom is 0.240 e. The lowest BCUT2D eigenvalue weighted by atomic mass is 9.90. The fourth-order valence-electron chi connectivity index (χ4n) is 3.94. The van der Waals surface area contributed by atoms with E-state index in [0.29, 0.717) is 0 Å². The van der Waals surface area contributed by atoms with Crippen LogP contribution >= 0.6 is 23.6 Å². The minimum Gasteiger partial charge on any atom is -0.378 e. The number of hydrogen-bond acceptors (Lipinski definition) is 5. The second-order valence-corrected chi connectivity index (χ2v) is 7.85. The third kappa shape index (κ3) is 2.18. The van der Waals surface area contributed by atoms with Crippen LogP contribution in [0.1, 0.15) is 24.0 Å². The first kappa shape index (κ1) is 14.7. The molecule has 2 aliphatic rings. The molecular weight excluding hydrogens is 340 g/mol. The number of nitrogens with one attached hydrogen (secondary N) is 2. The molecule has 5 nitrogen and oxygen atoms in total. The SMILES string of the molecule is S=c1[nH+]c[nH]c2c1sc1nc(N3CCOCC3)c3c(c12)CCCC3. The highest BCUT2D eigenvalue weighted by atomic mass is 32.1. The molecule has 0 saturated carbocycles. The smallest absolute Gasteiger partial charge is 0.240 e. The van der Waals surface area contributed by atoms with Gasteiger partial charge in [-0.25, -0.2) is 15.0 Å². The quantitative estimate of drug-likeness (QED) is 0.679. The summed E-state index contributed by atoms with van der Waals surface area (Å²) in [7, 11) is 0. The molecule has 1 fully saturated rings. The molecule has 0 radical (unpaired) electrons. The number of anilines is 1. The molecule has 1 saturated heterocycles. The molecule has 5 rings (SSSR count). The number of hydrogen-bond donors (Lipinski definition) is 1. The van der Waals surface area contributed by atoms with Crippen molar-refractivity contribution in [3.63, 3.8) is 0 Å². The highest BCUT2D eigenvalue weighted by Crippen LogP contribution is 2.40. The summed E-state index contributed by atoms with van der Waals surface area (Å²) in [5.74, 6) is 1.18. The average Bonchev–Trinajstić information content (AvgIpc) is 3.02. The molecule has 124 valence electrons. The van der Waals surface area contributed by atoms with Gasteiger partial charge in [-0.05, 0) is 49.0 Å². The highest BCUT2D eigenvalue weighted by molar-refractivity contribution is 7.71. The summed E-state index contributed by atoms with van der Waals surface area (Å²) < 4.78 is 7.44. The van der Waals surface area contributed by atoms with Crippen LogP contribution in [0.15, 0.2) is 6.33 Å². The van der Waals surface area contributed by atoms with Crippen molar-refractivity contribution in [2.24, 2.45) is 0 Å². The van der Waals surface area contributed by atoms with Crippen LogP contribution in [0, 0.1) is 4.64 Å². The van der Waals surface area contributed by atoms with Crippen LogP contribution in [0.3, 0.4) is 0 Å². The van der Waals surface area contributed by atoms with Crippen molar-refractivity contribution < 1.29 is 9.72 Å². The summed E-state index contributed by atoms with van der Waals surface area (Å²) in [6.07, 6.45) is 6.61. The lowest BCUT2D eigenvalue weighted by Gasteiger charge is -2.31. The Kier molecular flexibility index (Phi) is 3.53. The predicted octanol–water partition coefficient (Wildman–Crippen LogP) is 3.04. The number of aromatic nitrogens is 3. The van der Waals surface area contributed by atoms with Gasteiger partial charge >= 0.3 is 0 Å². The summed E-state index contributed by atoms with van der Waals surface area (Å²) in [6, 6.07) is 0. The van der Waals surface area contributed by atoms with Gasteiger partial charge in [-0.15, -0.1) is 11.3 Å². The van der Waals surface area contributed by atoms with Crippen molar-refractivity contribution in [2.75, 3.05) is 31.2 Å². The van der Waals surface area contributed by atoms with Crippen molar-refractivity contribution in [1.82, 2.24) is 9.97 Å². The summed E-state index contributed by atoms with van der Waals surface area (Å²) in [4.78, 5) is 15.1. The first-order valence-corrected chi connectivity index (χ1v) is 9.75. The molecule has 1 aliphatic carbocycles. The van der Waals surface area contributed by atoms with Crippen LogP contribution in [-0.4, -0.2) is 36.3 Å². The number of thiophene rings is 1. The van der Waals surface area contributed by atoms with E-state index in [1.807, 2.05) is 6.33 Å². The highest BCUT2D eigenvalue weighted by Gasteiger charge is 2.26. The molecule has 0 bridgehead atoms. The van der Waals surface area contributed by atoms with Crippen LogP contribution in [0.5, 0.6) is 0 Å². The maximum atomic E-state index is 5.53. The predicted molar refractivity (Wildman–Crippen MR) is 98.5 cm³/mol. The van der Waals surface area contributed by atoms with E-state index in [4.69, 9.17) is 21.9 Å². The molecule has 2 N–H and O–H groups in total. The van der Waals surface area contributed by atoms with E-state index in [2.05, 4.69) is 14.9 Å². The summed E-state index contributed by atoms with van der Waals surface area (Å²) >= 11 is 7.19. The lowest BCUT2D eigenvalue weighted by Crippen LogP contribution is -2.37. The van der Waals surface area contributed by atoms with Crippen LogP contribution in [0.4, 0.5) is 5.82 Å². The number of aryl methyl sites for hydroxylation is 1. The summed E-state index contributed by atoms with van der Waals surface area (Å²) in [5.41, 5.74) is 4.08. The summed E-state index contributed by atoms with van der Waals surface area (Å²) in [6.45, 7) is 3.45. The van der Waals surface area contributed by atoms with Crippen molar-refractivity contribution in [2.45, 2.75) is 25.7 Å². The first-order chi connectivity index (χ1) is 11.8. The van der Waals surface area contributed by atoms with Gasteiger partial charge in [0.05, 0.1) is 18.6 Å². The maximum absolute atomic E-state index is 5.53. The Morgan fingerprint density at radius 3 is 2.83 bits per heavy atom. The Labute approximate surface area is 148 Å². The monoisotopic (exact) mass is 359 g/mol. The van der Waals surface area contributed by atoms with Gasteiger partial charge in [-0.2, -0.15) is 0 Å². The zero-order valence-electron chi connectivity index (χ0n) is 13.4. The van der Waals surface area contributed by atoms with E-state index >= 15 is 0 Å². The fourth-order valence-corrected chi connectivity index (χ4v) is 5.30. The van der Waals surface area contributed by atoms with Crippen LogP contribution in [0.25, 0.3) is 20.4 Å². The number of H-pyrrole nitrogens is 2. The Morgan fingerprint density at radius 2 is 2.00 bits per heavy atom. The van der Waals surface area contributed by atoms with Gasteiger partial charge in [0.25, 0.3) is 0 Å². The van der Waals surface area contributed by atoms with Crippen molar-refractivity contribution >= 4 is 49.8 Å². The van der Waals surface area contributed by atoms with E-state index in [1.54, 1.807) is 11.3 Å². The number of pyridine rings is 1. The number of fused-ring (bicyclic) bond motifs is 5. The molecule has 0 atom stereocenters. The van der Waals surface area contributed by atoms with Crippen LogP contribution in [0.2, 0.25) is 0 Å². The van der Waals surface area contributed by atoms with Crippen LogP contribution in [-0.2, 0) is 17.6 Å². The van der Waals surface area contributed by atoms with E-state index < -0.39 is 0 Å². The fraction of sp³-hybridized carbons (Fsp3) is 0.471. The molecule has 0 amide bonds. The van der Waals surface area contributed by atoms with Crippen molar-refractivity contribution in [3.05, 3.63) is 22.1 Å². The van der Waals surface area contributed by atoms with E-state index in [-0.39, 0.29) is 0 Å². The Morgan fingerprint density at radius 1 is 1.21 bits per heavy atom. The zero-order valence-corrected chi connectivity index (χ0v) is 15.0. The molecule has 3 aromatic heterocycles. The van der Waals surface area contributed by atoms with Gasteiger partial charge in [0.2, 0.25) is 11.0 Å². The van der Waals surface area contributed by atoms with Gasteiger partial charge in [0.1, 0.15) is 15.3 Å². The largest absolute Gasteiger partial charge is 0.378 e. The van der Waals surface area contributed by atoms with Gasteiger partial charge < -0.3 is 9.64 Å². The minimum atomic E-state index is 0.792. The Bertz CT molecular complexity index is 988. The third-order valence-electron chi connectivity index (χ3n) is 5.07. The third-order valence-corrected chi connectivity index (χ3v) is 6.63. The van der Waals surface area contributed by atoms with E-state index in [9.17, 15) is 0 Å². The molecule has 0 spiro atoms. The summed E-state index contributed by atoms with van der Waals surface area (Å²) in [5, 5.41) is 1.29. The Balaban J connectivity index is 1.83. The number of rotatable bonds is 1. The molecule has 24 heavy (non-hydrogen) atoms. The topological polar surface area (TPSA) is 55.3 Å². The molecular formula is C17H19N4OS2+. The standard InChI is InChI=1S/C17H18N4OS2/c23-16-14-13(18-9-19-16)12-10-3-1-2-4-11(10)15(20-17(12)24-14)21-5-7-22-8-6-21/h9H,1-8H2,(H,18,19,23)/p+1. The first-order valence-electron chi connectivity index (χ1n) is 8.53. The zero-order chi connectivity index (χ0) is 16.1. The molecule has 0 aromatic carbocycles.